The highest BCUT2D eigenvalue weighted by molar-refractivity contribution is 6.07. The second kappa shape index (κ2) is 5.79. The van der Waals surface area contributed by atoms with Crippen molar-refractivity contribution in [1.29, 1.82) is 0 Å². The van der Waals surface area contributed by atoms with E-state index in [1.165, 1.54) is 0 Å². The third-order valence-electron chi connectivity index (χ3n) is 2.18. The maximum Gasteiger partial charge on any atom is 0.350 e. The first kappa shape index (κ1) is 12.9. The summed E-state index contributed by atoms with van der Waals surface area (Å²) in [6.07, 6.45) is 0.898. The first-order valence-electron chi connectivity index (χ1n) is 5.14. The second-order valence-corrected chi connectivity index (χ2v) is 3.36. The van der Waals surface area contributed by atoms with Crippen LogP contribution in [0.4, 0.5) is 0 Å². The molecule has 0 saturated carbocycles. The molecule has 0 saturated heterocycles. The maximum absolute atomic E-state index is 11.9. The number of carbonyl (C=O) groups is 1. The second-order valence-electron chi connectivity index (χ2n) is 3.36. The summed E-state index contributed by atoms with van der Waals surface area (Å²) in [5.74, 6) is -0.637. The summed E-state index contributed by atoms with van der Waals surface area (Å²) in [4.78, 5) is 22.0. The summed E-state index contributed by atoms with van der Waals surface area (Å²) in [5.41, 5.74) is 0.457. The number of nitro groups is 1. The Morgan fingerprint density at radius 3 is 2.65 bits per heavy atom. The monoisotopic (exact) mass is 235 g/mol. The molecule has 0 aliphatic carbocycles. The molecule has 17 heavy (non-hydrogen) atoms. The predicted octanol–water partition coefficient (Wildman–Crippen LogP) is 2.33. The van der Waals surface area contributed by atoms with Crippen molar-refractivity contribution < 1.29 is 14.5 Å². The summed E-state index contributed by atoms with van der Waals surface area (Å²) < 4.78 is 4.81. The largest absolute Gasteiger partial charge is 0.494 e. The van der Waals surface area contributed by atoms with E-state index in [1.54, 1.807) is 38.1 Å². The minimum atomic E-state index is -0.732. The van der Waals surface area contributed by atoms with E-state index in [0.717, 1.165) is 6.26 Å². The van der Waals surface area contributed by atoms with Crippen LogP contribution in [-0.2, 0) is 4.74 Å². The van der Waals surface area contributed by atoms with Crippen molar-refractivity contribution in [2.24, 2.45) is 0 Å². The molecule has 1 rings (SSSR count). The van der Waals surface area contributed by atoms with Gasteiger partial charge in [0.1, 0.15) is 0 Å². The zero-order valence-electron chi connectivity index (χ0n) is 9.67. The third-order valence-corrected chi connectivity index (χ3v) is 2.18. The highest BCUT2D eigenvalue weighted by atomic mass is 16.6. The van der Waals surface area contributed by atoms with Crippen molar-refractivity contribution in [2.75, 3.05) is 6.61 Å². The van der Waals surface area contributed by atoms with E-state index in [9.17, 15) is 14.9 Å². The van der Waals surface area contributed by atoms with E-state index in [-0.39, 0.29) is 6.61 Å². The smallest absolute Gasteiger partial charge is 0.350 e. The van der Waals surface area contributed by atoms with Crippen molar-refractivity contribution in [2.45, 2.75) is 13.8 Å². The van der Waals surface area contributed by atoms with Gasteiger partial charge in [-0.1, -0.05) is 24.3 Å². The van der Waals surface area contributed by atoms with E-state index < -0.39 is 16.4 Å². The molecule has 0 amide bonds. The van der Waals surface area contributed by atoms with Gasteiger partial charge in [0.25, 0.3) is 5.78 Å². The molecule has 0 fully saturated rings. The fourth-order valence-electron chi connectivity index (χ4n) is 1.31. The molecule has 0 N–H and O–H groups in total. The van der Waals surface area contributed by atoms with Crippen LogP contribution in [0.15, 0.2) is 36.2 Å². The Balaban J connectivity index is 3.09. The Hall–Kier alpha value is -2.17. The molecule has 1 aromatic carbocycles. The summed E-state index contributed by atoms with van der Waals surface area (Å²) in [6.45, 7) is 3.69. The zero-order valence-corrected chi connectivity index (χ0v) is 9.67. The van der Waals surface area contributed by atoms with Crippen molar-refractivity contribution in [1.82, 2.24) is 0 Å². The summed E-state index contributed by atoms with van der Waals surface area (Å²) >= 11 is 0. The molecule has 0 unspecified atom stereocenters. The lowest BCUT2D eigenvalue weighted by Gasteiger charge is -2.02. The summed E-state index contributed by atoms with van der Waals surface area (Å²) in [5, 5.41) is 10.8. The molecule has 0 heterocycles. The molecule has 0 aliphatic rings. The number of nitrogens with zero attached hydrogens (tertiary/aromatic N) is 1. The number of ether oxygens (including phenoxy) is 1. The molecule has 5 heteroatoms. The number of hydrogen-bond donors (Lipinski definition) is 0. The van der Waals surface area contributed by atoms with Gasteiger partial charge >= 0.3 is 5.70 Å². The number of hydrogen-bond acceptors (Lipinski definition) is 4. The minimum absolute atomic E-state index is 0.276. The van der Waals surface area contributed by atoms with Crippen LogP contribution in [0.3, 0.4) is 0 Å². The van der Waals surface area contributed by atoms with Crippen LogP contribution in [-0.4, -0.2) is 17.3 Å². The molecule has 1 aromatic rings. The predicted molar refractivity (Wildman–Crippen MR) is 62.2 cm³/mol. The van der Waals surface area contributed by atoms with Gasteiger partial charge in [-0.2, -0.15) is 0 Å². The van der Waals surface area contributed by atoms with Crippen molar-refractivity contribution in [3.63, 3.8) is 0 Å². The van der Waals surface area contributed by atoms with Crippen LogP contribution >= 0.6 is 0 Å². The van der Waals surface area contributed by atoms with E-state index in [2.05, 4.69) is 0 Å². The van der Waals surface area contributed by atoms with Gasteiger partial charge in [0.05, 0.1) is 11.5 Å². The topological polar surface area (TPSA) is 69.4 Å². The lowest BCUT2D eigenvalue weighted by molar-refractivity contribution is -0.418. The molecule has 0 bridgehead atoms. The number of Topliss-reactive ketones (excluding diaryl/α,β-unsaturated/α-hetero) is 1. The van der Waals surface area contributed by atoms with Gasteiger partial charge in [-0.15, -0.1) is 0 Å². The first-order valence-corrected chi connectivity index (χ1v) is 5.14. The van der Waals surface area contributed by atoms with E-state index in [0.29, 0.717) is 11.1 Å². The quantitative estimate of drug-likeness (QED) is 0.258. The minimum Gasteiger partial charge on any atom is -0.494 e. The van der Waals surface area contributed by atoms with Crippen LogP contribution in [0.25, 0.3) is 0 Å². The molecule has 0 aromatic heterocycles. The molecule has 5 nitrogen and oxygen atoms in total. The van der Waals surface area contributed by atoms with Crippen LogP contribution in [0, 0.1) is 17.0 Å². The lowest BCUT2D eigenvalue weighted by Crippen LogP contribution is -2.13. The van der Waals surface area contributed by atoms with Gasteiger partial charge in [0.15, 0.2) is 6.26 Å². The maximum atomic E-state index is 11.9. The summed E-state index contributed by atoms with van der Waals surface area (Å²) in [7, 11) is 0. The van der Waals surface area contributed by atoms with E-state index in [1.807, 2.05) is 0 Å². The molecule has 90 valence electrons. The fourth-order valence-corrected chi connectivity index (χ4v) is 1.31. The number of benzene rings is 1. The van der Waals surface area contributed by atoms with Gasteiger partial charge in [0, 0.05) is 5.56 Å². The number of aryl methyl sites for hydroxylation is 1. The Bertz CT molecular complexity index is 465. The number of ketones is 1. The average Bonchev–Trinajstić information content (AvgIpc) is 2.29. The van der Waals surface area contributed by atoms with Gasteiger partial charge in [0.2, 0.25) is 0 Å². The number of carbonyl (C=O) groups excluding carboxylic acids is 1. The number of allylic oxidation sites excluding steroid dienone is 1. The molecule has 0 aliphatic heterocycles. The Kier molecular flexibility index (Phi) is 4.39. The Morgan fingerprint density at radius 1 is 1.47 bits per heavy atom. The van der Waals surface area contributed by atoms with Crippen molar-refractivity contribution >= 4 is 5.78 Å². The highest BCUT2D eigenvalue weighted by Gasteiger charge is 2.25. The van der Waals surface area contributed by atoms with Gasteiger partial charge in [-0.05, 0) is 19.4 Å². The van der Waals surface area contributed by atoms with E-state index in [4.69, 9.17) is 4.74 Å². The molecule has 0 atom stereocenters. The average molecular weight is 235 g/mol. The van der Waals surface area contributed by atoms with Crippen molar-refractivity contribution in [3.8, 4) is 0 Å². The first-order chi connectivity index (χ1) is 8.07. The molecule has 0 spiro atoms. The van der Waals surface area contributed by atoms with Crippen LogP contribution in [0.2, 0.25) is 0 Å². The molecular weight excluding hydrogens is 222 g/mol. The molecule has 0 radical (unpaired) electrons. The fraction of sp³-hybridized carbons (Fsp3) is 0.250. The van der Waals surface area contributed by atoms with Crippen LogP contribution in [0.5, 0.6) is 0 Å². The standard InChI is InChI=1S/C12H13NO4/c1-3-17-8-11(13(15)16)12(14)10-7-5-4-6-9(10)2/h4-8H,3H2,1-2H3. The SMILES string of the molecule is CCOC=C(C(=O)c1ccccc1C)[N+](=O)[O-]. The normalized spacial score (nSPS) is 11.1. The van der Waals surface area contributed by atoms with Crippen LogP contribution in [0.1, 0.15) is 22.8 Å². The summed E-state index contributed by atoms with van der Waals surface area (Å²) in [6, 6.07) is 6.72. The Labute approximate surface area is 98.9 Å². The van der Waals surface area contributed by atoms with Gasteiger partial charge < -0.3 is 4.74 Å². The van der Waals surface area contributed by atoms with Crippen molar-refractivity contribution in [3.05, 3.63) is 57.5 Å². The highest BCUT2D eigenvalue weighted by Crippen LogP contribution is 2.13. The third kappa shape index (κ3) is 3.14. The van der Waals surface area contributed by atoms with E-state index >= 15 is 0 Å². The van der Waals surface area contributed by atoms with Gasteiger partial charge in [-0.3, -0.25) is 14.9 Å². The lowest BCUT2D eigenvalue weighted by atomic mass is 10.0. The zero-order chi connectivity index (χ0) is 12.8. The Morgan fingerprint density at radius 2 is 2.12 bits per heavy atom. The van der Waals surface area contributed by atoms with Gasteiger partial charge in [-0.25, -0.2) is 0 Å². The van der Waals surface area contributed by atoms with Crippen LogP contribution < -0.4 is 0 Å². The number of rotatable bonds is 5. The molecular formula is C12H13NO4.